The van der Waals surface area contributed by atoms with Gasteiger partial charge in [-0.1, -0.05) is 24.6 Å². The van der Waals surface area contributed by atoms with Gasteiger partial charge in [0, 0.05) is 30.2 Å². The van der Waals surface area contributed by atoms with Gasteiger partial charge in [-0.15, -0.1) is 0 Å². The standard InChI is InChI=1S/C14H20ClN3O2/c1-2-16-10-11-12(15)4-3-5-13(11)20-9-8-18-7-6-17-14(18)19/h3-5,16H,2,6-10H2,1H3,(H,17,19). The number of hydrogen-bond donors (Lipinski definition) is 2. The molecule has 6 heteroatoms. The third kappa shape index (κ3) is 3.77. The Morgan fingerprint density at radius 3 is 3.05 bits per heavy atom. The van der Waals surface area contributed by atoms with Crippen LogP contribution in [0.5, 0.6) is 5.75 Å². The number of halogens is 1. The van der Waals surface area contributed by atoms with E-state index in [1.807, 2.05) is 25.1 Å². The monoisotopic (exact) mass is 297 g/mol. The fourth-order valence-corrected chi connectivity index (χ4v) is 2.32. The zero-order chi connectivity index (χ0) is 14.4. The minimum Gasteiger partial charge on any atom is -0.491 e. The summed E-state index contributed by atoms with van der Waals surface area (Å²) in [6.45, 7) is 6.09. The topological polar surface area (TPSA) is 53.6 Å². The molecule has 5 nitrogen and oxygen atoms in total. The minimum absolute atomic E-state index is 0.0208. The van der Waals surface area contributed by atoms with E-state index in [1.165, 1.54) is 0 Å². The number of carbonyl (C=O) groups is 1. The lowest BCUT2D eigenvalue weighted by atomic mass is 10.2. The molecular formula is C14H20ClN3O2. The van der Waals surface area contributed by atoms with Gasteiger partial charge in [-0.2, -0.15) is 0 Å². The molecule has 2 rings (SSSR count). The highest BCUT2D eigenvalue weighted by Crippen LogP contribution is 2.26. The SMILES string of the molecule is CCNCc1c(Cl)cccc1OCCN1CCNC1=O. The van der Waals surface area contributed by atoms with Gasteiger partial charge < -0.3 is 20.3 Å². The Labute approximate surface area is 124 Å². The zero-order valence-corrected chi connectivity index (χ0v) is 12.4. The molecule has 0 aliphatic carbocycles. The summed E-state index contributed by atoms with van der Waals surface area (Å²) in [4.78, 5) is 13.2. The van der Waals surface area contributed by atoms with Crippen LogP contribution in [0.2, 0.25) is 5.02 Å². The van der Waals surface area contributed by atoms with E-state index in [4.69, 9.17) is 16.3 Å². The van der Waals surface area contributed by atoms with E-state index in [9.17, 15) is 4.79 Å². The smallest absolute Gasteiger partial charge is 0.317 e. The molecule has 20 heavy (non-hydrogen) atoms. The van der Waals surface area contributed by atoms with Crippen molar-refractivity contribution >= 4 is 17.6 Å². The van der Waals surface area contributed by atoms with Crippen LogP contribution in [0.15, 0.2) is 18.2 Å². The first-order valence-electron chi connectivity index (χ1n) is 6.86. The molecule has 1 aromatic rings. The van der Waals surface area contributed by atoms with Crippen molar-refractivity contribution in [3.8, 4) is 5.75 Å². The number of carbonyl (C=O) groups excluding carboxylic acids is 1. The van der Waals surface area contributed by atoms with Crippen molar-refractivity contribution in [2.24, 2.45) is 0 Å². The van der Waals surface area contributed by atoms with Gasteiger partial charge >= 0.3 is 6.03 Å². The molecule has 1 aromatic carbocycles. The average molecular weight is 298 g/mol. The number of amides is 2. The number of ether oxygens (including phenoxy) is 1. The van der Waals surface area contributed by atoms with Crippen molar-refractivity contribution in [1.29, 1.82) is 0 Å². The van der Waals surface area contributed by atoms with Gasteiger partial charge in [-0.05, 0) is 18.7 Å². The molecule has 1 saturated heterocycles. The Morgan fingerprint density at radius 1 is 1.50 bits per heavy atom. The van der Waals surface area contributed by atoms with Gasteiger partial charge in [0.1, 0.15) is 12.4 Å². The van der Waals surface area contributed by atoms with Gasteiger partial charge in [0.25, 0.3) is 0 Å². The summed E-state index contributed by atoms with van der Waals surface area (Å²) >= 11 is 6.20. The second-order valence-electron chi connectivity index (χ2n) is 4.56. The molecular weight excluding hydrogens is 278 g/mol. The van der Waals surface area contributed by atoms with Crippen LogP contribution < -0.4 is 15.4 Å². The van der Waals surface area contributed by atoms with Crippen molar-refractivity contribution in [3.63, 3.8) is 0 Å². The number of nitrogens with one attached hydrogen (secondary N) is 2. The molecule has 0 unspecified atom stereocenters. The van der Waals surface area contributed by atoms with Crippen LogP contribution in [-0.2, 0) is 6.54 Å². The maximum Gasteiger partial charge on any atom is 0.317 e. The third-order valence-corrected chi connectivity index (χ3v) is 3.55. The lowest BCUT2D eigenvalue weighted by Crippen LogP contribution is -2.32. The maximum absolute atomic E-state index is 11.4. The van der Waals surface area contributed by atoms with E-state index < -0.39 is 0 Å². The first kappa shape index (κ1) is 14.9. The van der Waals surface area contributed by atoms with Crippen molar-refractivity contribution in [3.05, 3.63) is 28.8 Å². The molecule has 0 radical (unpaired) electrons. The first-order chi connectivity index (χ1) is 9.72. The van der Waals surface area contributed by atoms with Gasteiger partial charge in [0.15, 0.2) is 0 Å². The molecule has 0 spiro atoms. The normalized spacial score (nSPS) is 14.5. The Kier molecular flexibility index (Phi) is 5.49. The highest BCUT2D eigenvalue weighted by molar-refractivity contribution is 6.31. The predicted molar refractivity (Wildman–Crippen MR) is 79.3 cm³/mol. The number of nitrogens with zero attached hydrogens (tertiary/aromatic N) is 1. The first-order valence-corrected chi connectivity index (χ1v) is 7.24. The van der Waals surface area contributed by atoms with Gasteiger partial charge in [-0.3, -0.25) is 0 Å². The largest absolute Gasteiger partial charge is 0.491 e. The van der Waals surface area contributed by atoms with E-state index in [2.05, 4.69) is 10.6 Å². The summed E-state index contributed by atoms with van der Waals surface area (Å²) in [7, 11) is 0. The summed E-state index contributed by atoms with van der Waals surface area (Å²) in [6, 6.07) is 5.61. The number of hydrogen-bond acceptors (Lipinski definition) is 3. The van der Waals surface area contributed by atoms with Crippen LogP contribution in [0.3, 0.4) is 0 Å². The number of benzene rings is 1. The number of urea groups is 1. The molecule has 110 valence electrons. The quantitative estimate of drug-likeness (QED) is 0.808. The van der Waals surface area contributed by atoms with Crippen LogP contribution in [0.25, 0.3) is 0 Å². The highest BCUT2D eigenvalue weighted by atomic mass is 35.5. The van der Waals surface area contributed by atoms with E-state index >= 15 is 0 Å². The lowest BCUT2D eigenvalue weighted by molar-refractivity contribution is 0.202. The summed E-state index contributed by atoms with van der Waals surface area (Å²) in [5.41, 5.74) is 0.960. The van der Waals surface area contributed by atoms with E-state index in [1.54, 1.807) is 4.90 Å². The van der Waals surface area contributed by atoms with Gasteiger partial charge in [-0.25, -0.2) is 4.79 Å². The Hall–Kier alpha value is -1.46. The van der Waals surface area contributed by atoms with Crippen molar-refractivity contribution in [2.75, 3.05) is 32.8 Å². The summed E-state index contributed by atoms with van der Waals surface area (Å²) < 4.78 is 5.78. The Morgan fingerprint density at radius 2 is 2.35 bits per heavy atom. The summed E-state index contributed by atoms with van der Waals surface area (Å²) in [5, 5.41) is 6.71. The van der Waals surface area contributed by atoms with E-state index in [0.29, 0.717) is 31.3 Å². The zero-order valence-electron chi connectivity index (χ0n) is 11.6. The van der Waals surface area contributed by atoms with Crippen LogP contribution in [0.4, 0.5) is 4.79 Å². The molecule has 2 amide bonds. The molecule has 0 atom stereocenters. The molecule has 1 heterocycles. The predicted octanol–water partition coefficient (Wildman–Crippen LogP) is 1.85. The maximum atomic E-state index is 11.4. The van der Waals surface area contributed by atoms with Crippen LogP contribution in [0.1, 0.15) is 12.5 Å². The third-order valence-electron chi connectivity index (χ3n) is 3.19. The molecule has 1 aliphatic heterocycles. The van der Waals surface area contributed by atoms with E-state index in [0.717, 1.165) is 24.4 Å². The second-order valence-corrected chi connectivity index (χ2v) is 4.97. The fraction of sp³-hybridized carbons (Fsp3) is 0.500. The highest BCUT2D eigenvalue weighted by Gasteiger charge is 2.19. The number of rotatable bonds is 7. The van der Waals surface area contributed by atoms with Crippen LogP contribution in [0, 0.1) is 0 Å². The summed E-state index contributed by atoms with van der Waals surface area (Å²) in [6.07, 6.45) is 0. The molecule has 1 aliphatic rings. The Bertz CT molecular complexity index is 468. The van der Waals surface area contributed by atoms with Gasteiger partial charge in [0.05, 0.1) is 6.54 Å². The van der Waals surface area contributed by atoms with Crippen molar-refractivity contribution in [2.45, 2.75) is 13.5 Å². The fourth-order valence-electron chi connectivity index (χ4n) is 2.09. The Balaban J connectivity index is 1.91. The summed E-state index contributed by atoms with van der Waals surface area (Å²) in [5.74, 6) is 0.776. The molecule has 1 fully saturated rings. The van der Waals surface area contributed by atoms with Crippen molar-refractivity contribution < 1.29 is 9.53 Å². The average Bonchev–Trinajstić information content (AvgIpc) is 2.84. The van der Waals surface area contributed by atoms with Crippen LogP contribution >= 0.6 is 11.6 Å². The minimum atomic E-state index is -0.0208. The van der Waals surface area contributed by atoms with Gasteiger partial charge in [0.2, 0.25) is 0 Å². The molecule has 2 N–H and O–H groups in total. The molecule has 0 aromatic heterocycles. The molecule has 0 saturated carbocycles. The second kappa shape index (κ2) is 7.36. The van der Waals surface area contributed by atoms with Crippen molar-refractivity contribution in [1.82, 2.24) is 15.5 Å². The van der Waals surface area contributed by atoms with Crippen LogP contribution in [-0.4, -0.2) is 43.7 Å². The lowest BCUT2D eigenvalue weighted by Gasteiger charge is -2.17. The van der Waals surface area contributed by atoms with E-state index in [-0.39, 0.29) is 6.03 Å². The molecule has 0 bridgehead atoms.